The van der Waals surface area contributed by atoms with Crippen molar-refractivity contribution in [1.82, 2.24) is 20.2 Å². The number of amides is 1. The molecular weight excluding hydrogens is 373 g/mol. The van der Waals surface area contributed by atoms with Gasteiger partial charge in [0.2, 0.25) is 5.91 Å². The minimum atomic E-state index is -4.52. The summed E-state index contributed by atoms with van der Waals surface area (Å²) in [4.78, 5) is 21.7. The molecule has 0 fully saturated rings. The van der Waals surface area contributed by atoms with E-state index in [1.807, 2.05) is 29.2 Å². The SMILES string of the molecule is Cc1cc(C(F)(F)F)nc(CCNC(=O)CN2CCOc3ccccc3C2)n1. The fraction of sp³-hybridized carbons (Fsp3) is 0.421. The fourth-order valence-electron chi connectivity index (χ4n) is 2.97. The highest BCUT2D eigenvalue weighted by Crippen LogP contribution is 2.27. The molecule has 0 saturated carbocycles. The molecule has 6 nitrogen and oxygen atoms in total. The first-order valence-electron chi connectivity index (χ1n) is 8.93. The van der Waals surface area contributed by atoms with Gasteiger partial charge in [0.25, 0.3) is 0 Å². The zero-order valence-electron chi connectivity index (χ0n) is 15.4. The number of ether oxygens (including phenoxy) is 1. The Labute approximate surface area is 160 Å². The molecule has 3 rings (SSSR count). The molecule has 0 atom stereocenters. The van der Waals surface area contributed by atoms with Gasteiger partial charge >= 0.3 is 6.18 Å². The molecule has 9 heteroatoms. The Hall–Kier alpha value is -2.68. The summed E-state index contributed by atoms with van der Waals surface area (Å²) in [6.07, 6.45) is -4.39. The molecule has 2 aromatic rings. The van der Waals surface area contributed by atoms with E-state index in [0.717, 1.165) is 17.4 Å². The summed E-state index contributed by atoms with van der Waals surface area (Å²) in [5, 5.41) is 2.72. The van der Waals surface area contributed by atoms with Gasteiger partial charge in [0, 0.05) is 37.3 Å². The van der Waals surface area contributed by atoms with Crippen molar-refractivity contribution in [1.29, 1.82) is 0 Å². The first kappa shape index (κ1) is 20.1. The van der Waals surface area contributed by atoms with E-state index in [1.54, 1.807) is 0 Å². The van der Waals surface area contributed by atoms with Gasteiger partial charge in [0.15, 0.2) is 0 Å². The van der Waals surface area contributed by atoms with Crippen LogP contribution in [0.25, 0.3) is 0 Å². The van der Waals surface area contributed by atoms with Crippen LogP contribution in [0, 0.1) is 6.92 Å². The third-order valence-electron chi connectivity index (χ3n) is 4.26. The van der Waals surface area contributed by atoms with Gasteiger partial charge in [-0.1, -0.05) is 18.2 Å². The van der Waals surface area contributed by atoms with E-state index in [-0.39, 0.29) is 36.9 Å². The summed E-state index contributed by atoms with van der Waals surface area (Å²) >= 11 is 0. The number of fused-ring (bicyclic) bond motifs is 1. The lowest BCUT2D eigenvalue weighted by Gasteiger charge is -2.18. The zero-order valence-corrected chi connectivity index (χ0v) is 15.4. The van der Waals surface area contributed by atoms with E-state index in [1.165, 1.54) is 6.92 Å². The van der Waals surface area contributed by atoms with Gasteiger partial charge in [-0.25, -0.2) is 9.97 Å². The number of aromatic nitrogens is 2. The predicted molar refractivity (Wildman–Crippen MR) is 95.7 cm³/mol. The Morgan fingerprint density at radius 1 is 1.29 bits per heavy atom. The standard InChI is InChI=1S/C19H21F3N4O2/c1-13-10-16(19(20,21)22)25-17(24-13)6-7-23-18(27)12-26-8-9-28-15-5-3-2-4-14(15)11-26/h2-5,10H,6-9,11-12H2,1H3,(H,23,27). The van der Waals surface area contributed by atoms with Crippen LogP contribution in [-0.2, 0) is 23.9 Å². The van der Waals surface area contributed by atoms with Gasteiger partial charge < -0.3 is 10.1 Å². The van der Waals surface area contributed by atoms with Gasteiger partial charge in [-0.05, 0) is 19.1 Å². The van der Waals surface area contributed by atoms with Crippen LogP contribution in [0.1, 0.15) is 22.8 Å². The van der Waals surface area contributed by atoms with Gasteiger partial charge in [0.05, 0.1) is 6.54 Å². The van der Waals surface area contributed by atoms with Crippen LogP contribution in [0.3, 0.4) is 0 Å². The Morgan fingerprint density at radius 2 is 2.07 bits per heavy atom. The molecule has 1 aromatic carbocycles. The molecule has 1 aliphatic rings. The molecule has 0 unspecified atom stereocenters. The van der Waals surface area contributed by atoms with Crippen molar-refractivity contribution in [2.45, 2.75) is 26.1 Å². The number of aryl methyl sites for hydroxylation is 1. The molecule has 0 bridgehead atoms. The highest BCUT2D eigenvalue weighted by molar-refractivity contribution is 5.78. The van der Waals surface area contributed by atoms with Crippen LogP contribution in [0.15, 0.2) is 30.3 Å². The average molecular weight is 394 g/mol. The average Bonchev–Trinajstić information content (AvgIpc) is 2.82. The number of alkyl halides is 3. The van der Waals surface area contributed by atoms with Crippen molar-refractivity contribution in [3.8, 4) is 5.75 Å². The van der Waals surface area contributed by atoms with Crippen molar-refractivity contribution in [3.63, 3.8) is 0 Å². The molecule has 1 aromatic heterocycles. The summed E-state index contributed by atoms with van der Waals surface area (Å²) in [6, 6.07) is 8.58. The number of halogens is 3. The Balaban J connectivity index is 1.51. The van der Waals surface area contributed by atoms with Crippen LogP contribution in [0.5, 0.6) is 5.75 Å². The van der Waals surface area contributed by atoms with Crippen molar-refractivity contribution in [2.24, 2.45) is 0 Å². The number of carbonyl (C=O) groups is 1. The molecule has 1 N–H and O–H groups in total. The first-order valence-corrected chi connectivity index (χ1v) is 8.93. The zero-order chi connectivity index (χ0) is 20.1. The number of hydrogen-bond donors (Lipinski definition) is 1. The van der Waals surface area contributed by atoms with Gasteiger partial charge in [-0.2, -0.15) is 13.2 Å². The van der Waals surface area contributed by atoms with Crippen LogP contribution in [0.2, 0.25) is 0 Å². The molecule has 150 valence electrons. The first-order chi connectivity index (χ1) is 13.3. The second kappa shape index (κ2) is 8.55. The Morgan fingerprint density at radius 3 is 2.86 bits per heavy atom. The number of hydrogen-bond acceptors (Lipinski definition) is 5. The smallest absolute Gasteiger partial charge is 0.433 e. The molecule has 28 heavy (non-hydrogen) atoms. The number of benzene rings is 1. The second-order valence-corrected chi connectivity index (χ2v) is 6.58. The van der Waals surface area contributed by atoms with E-state index in [4.69, 9.17) is 4.74 Å². The molecule has 1 aliphatic heterocycles. The summed E-state index contributed by atoms with van der Waals surface area (Å²) in [5.74, 6) is 0.676. The number of nitrogens with one attached hydrogen (secondary N) is 1. The Bertz CT molecular complexity index is 842. The quantitative estimate of drug-likeness (QED) is 0.843. The normalized spacial score (nSPS) is 14.7. The Kier molecular flexibility index (Phi) is 6.13. The fourth-order valence-corrected chi connectivity index (χ4v) is 2.97. The minimum Gasteiger partial charge on any atom is -0.492 e. The van der Waals surface area contributed by atoms with Crippen molar-refractivity contribution in [2.75, 3.05) is 26.2 Å². The molecule has 0 aliphatic carbocycles. The maximum absolute atomic E-state index is 12.8. The predicted octanol–water partition coefficient (Wildman–Crippen LogP) is 2.36. The van der Waals surface area contributed by atoms with Gasteiger partial charge in [-0.3, -0.25) is 9.69 Å². The summed E-state index contributed by atoms with van der Waals surface area (Å²) < 4.78 is 44.1. The number of carbonyl (C=O) groups excluding carboxylic acids is 1. The molecular formula is C19H21F3N4O2. The third kappa shape index (κ3) is 5.41. The minimum absolute atomic E-state index is 0.0599. The van der Waals surface area contributed by atoms with Crippen molar-refractivity contribution >= 4 is 5.91 Å². The van der Waals surface area contributed by atoms with Crippen LogP contribution >= 0.6 is 0 Å². The second-order valence-electron chi connectivity index (χ2n) is 6.58. The molecule has 0 radical (unpaired) electrons. The largest absolute Gasteiger partial charge is 0.492 e. The van der Waals surface area contributed by atoms with Crippen LogP contribution in [-0.4, -0.2) is 47.0 Å². The van der Waals surface area contributed by atoms with E-state index in [2.05, 4.69) is 15.3 Å². The maximum atomic E-state index is 12.8. The maximum Gasteiger partial charge on any atom is 0.433 e. The van der Waals surface area contributed by atoms with E-state index in [0.29, 0.717) is 19.7 Å². The van der Waals surface area contributed by atoms with Gasteiger partial charge in [0.1, 0.15) is 23.9 Å². The van der Waals surface area contributed by atoms with E-state index in [9.17, 15) is 18.0 Å². The molecule has 1 amide bonds. The van der Waals surface area contributed by atoms with Crippen molar-refractivity contribution in [3.05, 3.63) is 53.1 Å². The lowest BCUT2D eigenvalue weighted by Crippen LogP contribution is -2.38. The highest BCUT2D eigenvalue weighted by atomic mass is 19.4. The molecule has 0 spiro atoms. The third-order valence-corrected chi connectivity index (χ3v) is 4.26. The number of nitrogens with zero attached hydrogens (tertiary/aromatic N) is 3. The van der Waals surface area contributed by atoms with Crippen LogP contribution < -0.4 is 10.1 Å². The lowest BCUT2D eigenvalue weighted by molar-refractivity contribution is -0.141. The molecule has 0 saturated heterocycles. The van der Waals surface area contributed by atoms with Crippen molar-refractivity contribution < 1.29 is 22.7 Å². The van der Waals surface area contributed by atoms with E-state index < -0.39 is 11.9 Å². The van der Waals surface area contributed by atoms with Crippen LogP contribution in [0.4, 0.5) is 13.2 Å². The summed E-state index contributed by atoms with van der Waals surface area (Å²) in [6.45, 7) is 3.53. The number of para-hydroxylation sites is 1. The van der Waals surface area contributed by atoms with E-state index >= 15 is 0 Å². The van der Waals surface area contributed by atoms with Gasteiger partial charge in [-0.15, -0.1) is 0 Å². The summed E-state index contributed by atoms with van der Waals surface area (Å²) in [5.41, 5.74) is 0.289. The lowest BCUT2D eigenvalue weighted by atomic mass is 10.2. The topological polar surface area (TPSA) is 67.4 Å². The highest BCUT2D eigenvalue weighted by Gasteiger charge is 2.33. The molecule has 2 heterocycles. The monoisotopic (exact) mass is 394 g/mol. The summed E-state index contributed by atoms with van der Waals surface area (Å²) in [7, 11) is 0. The number of rotatable bonds is 5.